The molecule has 2 aromatic carbocycles. The lowest BCUT2D eigenvalue weighted by Crippen LogP contribution is -2.15. The van der Waals surface area contributed by atoms with Gasteiger partial charge in [-0.25, -0.2) is 18.0 Å². The van der Waals surface area contributed by atoms with Crippen molar-refractivity contribution < 1.29 is 22.7 Å². The molecular weight excluding hydrogens is 324 g/mol. The number of benzene rings is 2. The van der Waals surface area contributed by atoms with E-state index < -0.39 is 21.7 Å². The minimum atomic E-state index is -4.04. The summed E-state index contributed by atoms with van der Waals surface area (Å²) in [5.41, 5.74) is 0.213. The van der Waals surface area contributed by atoms with Crippen LogP contribution in [0.15, 0.2) is 56.6 Å². The number of sulfonamides is 1. The van der Waals surface area contributed by atoms with Gasteiger partial charge in [-0.2, -0.15) is 0 Å². The molecule has 0 aliphatic rings. The topological polar surface area (TPSA) is 129 Å². The number of hydrogen-bond donors (Lipinski definition) is 3. The summed E-state index contributed by atoms with van der Waals surface area (Å²) < 4.78 is 31.8. The Morgan fingerprint density at radius 2 is 1.91 bits per heavy atom. The van der Waals surface area contributed by atoms with Crippen LogP contribution < -0.4 is 10.5 Å². The molecule has 0 amide bonds. The van der Waals surface area contributed by atoms with Crippen molar-refractivity contribution >= 4 is 32.8 Å². The summed E-state index contributed by atoms with van der Waals surface area (Å²) in [5, 5.41) is 9.09. The van der Waals surface area contributed by atoms with E-state index in [1.165, 1.54) is 42.5 Å². The number of aromatic nitrogens is 1. The number of nitrogens with one attached hydrogen (secondary N) is 2. The van der Waals surface area contributed by atoms with Crippen LogP contribution in [0.1, 0.15) is 10.4 Å². The van der Waals surface area contributed by atoms with Crippen LogP contribution in [0, 0.1) is 0 Å². The summed E-state index contributed by atoms with van der Waals surface area (Å²) >= 11 is 0. The molecule has 0 bridgehead atoms. The van der Waals surface area contributed by atoms with Gasteiger partial charge in [-0.05, 0) is 24.3 Å². The molecular formula is C14H10N2O6S. The minimum Gasteiger partial charge on any atom is -0.478 e. The predicted octanol–water partition coefficient (Wildman–Crippen LogP) is 1.62. The van der Waals surface area contributed by atoms with Crippen LogP contribution in [-0.4, -0.2) is 24.5 Å². The highest BCUT2D eigenvalue weighted by Gasteiger charge is 2.19. The second kappa shape index (κ2) is 5.29. The van der Waals surface area contributed by atoms with Crippen molar-refractivity contribution in [2.75, 3.05) is 4.72 Å². The van der Waals surface area contributed by atoms with Crippen LogP contribution in [-0.2, 0) is 10.0 Å². The van der Waals surface area contributed by atoms with Gasteiger partial charge in [-0.1, -0.05) is 12.1 Å². The van der Waals surface area contributed by atoms with Gasteiger partial charge >= 0.3 is 11.7 Å². The molecule has 8 nitrogen and oxygen atoms in total. The molecule has 1 heterocycles. The average molecular weight is 334 g/mol. The predicted molar refractivity (Wildman–Crippen MR) is 81.0 cm³/mol. The molecule has 3 aromatic rings. The third-order valence-corrected chi connectivity index (χ3v) is 4.47. The SMILES string of the molecule is O=C(O)c1ccccc1NS(=O)(=O)c1ccc2[nH]c(=O)oc2c1. The Kier molecular flexibility index (Phi) is 3.41. The number of aromatic amines is 1. The molecule has 0 atom stereocenters. The van der Waals surface area contributed by atoms with Crippen LogP contribution >= 0.6 is 0 Å². The van der Waals surface area contributed by atoms with Gasteiger partial charge in [0.15, 0.2) is 5.58 Å². The highest BCUT2D eigenvalue weighted by Crippen LogP contribution is 2.22. The summed E-state index contributed by atoms with van der Waals surface area (Å²) in [6.45, 7) is 0. The Labute approximate surface area is 129 Å². The van der Waals surface area contributed by atoms with Crippen LogP contribution in [0.25, 0.3) is 11.1 Å². The number of hydrogen-bond acceptors (Lipinski definition) is 5. The zero-order chi connectivity index (χ0) is 16.6. The summed E-state index contributed by atoms with van der Waals surface area (Å²) in [4.78, 5) is 24.5. The maximum atomic E-state index is 12.4. The number of carboxylic acids is 1. The Morgan fingerprint density at radius 1 is 1.17 bits per heavy atom. The van der Waals surface area contributed by atoms with Crippen LogP contribution in [0.4, 0.5) is 5.69 Å². The third kappa shape index (κ3) is 2.81. The second-order valence-corrected chi connectivity index (χ2v) is 6.31. The molecule has 23 heavy (non-hydrogen) atoms. The van der Waals surface area contributed by atoms with Crippen molar-refractivity contribution in [3.63, 3.8) is 0 Å². The number of fused-ring (bicyclic) bond motifs is 1. The van der Waals surface area contributed by atoms with E-state index in [9.17, 15) is 18.0 Å². The van der Waals surface area contributed by atoms with Crippen molar-refractivity contribution in [3.8, 4) is 0 Å². The largest absolute Gasteiger partial charge is 0.478 e. The van der Waals surface area contributed by atoms with E-state index in [-0.39, 0.29) is 21.7 Å². The number of rotatable bonds is 4. The number of para-hydroxylation sites is 1. The van der Waals surface area contributed by atoms with Gasteiger partial charge in [0.25, 0.3) is 10.0 Å². The molecule has 3 rings (SSSR count). The summed E-state index contributed by atoms with van der Waals surface area (Å²) in [6, 6.07) is 9.47. The van der Waals surface area contributed by atoms with E-state index in [0.717, 1.165) is 0 Å². The van der Waals surface area contributed by atoms with E-state index in [4.69, 9.17) is 9.52 Å². The standard InChI is InChI=1S/C14H10N2O6S/c17-13(18)9-3-1-2-4-10(9)16-23(20,21)8-5-6-11-12(7-8)22-14(19)15-11/h1-7,16H,(H,15,19)(H,17,18). The molecule has 9 heteroatoms. The van der Waals surface area contributed by atoms with E-state index >= 15 is 0 Å². The smallest absolute Gasteiger partial charge is 0.417 e. The highest BCUT2D eigenvalue weighted by molar-refractivity contribution is 7.92. The van der Waals surface area contributed by atoms with Crippen LogP contribution in [0.5, 0.6) is 0 Å². The first-order valence-corrected chi connectivity index (χ1v) is 7.83. The van der Waals surface area contributed by atoms with Gasteiger partial charge in [0, 0.05) is 6.07 Å². The summed E-state index contributed by atoms with van der Waals surface area (Å²) in [5.74, 6) is -1.95. The van der Waals surface area contributed by atoms with E-state index in [1.54, 1.807) is 0 Å². The quantitative estimate of drug-likeness (QED) is 0.665. The first kappa shape index (κ1) is 14.9. The number of oxazole rings is 1. The van der Waals surface area contributed by atoms with Gasteiger partial charge in [0.1, 0.15) is 0 Å². The number of aromatic carboxylic acids is 1. The maximum absolute atomic E-state index is 12.4. The van der Waals surface area contributed by atoms with Gasteiger partial charge in [-0.15, -0.1) is 0 Å². The molecule has 0 saturated carbocycles. The Hall–Kier alpha value is -3.07. The molecule has 0 saturated heterocycles. The lowest BCUT2D eigenvalue weighted by Gasteiger charge is -2.10. The minimum absolute atomic E-state index is 0.0596. The Bertz CT molecular complexity index is 1060. The fourth-order valence-electron chi connectivity index (χ4n) is 2.06. The zero-order valence-electron chi connectivity index (χ0n) is 11.4. The lowest BCUT2D eigenvalue weighted by molar-refractivity contribution is 0.0698. The maximum Gasteiger partial charge on any atom is 0.417 e. The molecule has 0 fully saturated rings. The van der Waals surface area contributed by atoms with E-state index in [0.29, 0.717) is 5.52 Å². The Morgan fingerprint density at radius 3 is 2.65 bits per heavy atom. The molecule has 0 aliphatic carbocycles. The first-order chi connectivity index (χ1) is 10.9. The number of anilines is 1. The zero-order valence-corrected chi connectivity index (χ0v) is 12.3. The van der Waals surface area contributed by atoms with E-state index in [1.807, 2.05) is 0 Å². The van der Waals surface area contributed by atoms with Crippen LogP contribution in [0.2, 0.25) is 0 Å². The molecule has 3 N–H and O–H groups in total. The normalized spacial score (nSPS) is 11.5. The molecule has 0 unspecified atom stereocenters. The number of carboxylic acid groups (broad SMARTS) is 1. The van der Waals surface area contributed by atoms with Gasteiger partial charge < -0.3 is 9.52 Å². The summed E-state index contributed by atoms with van der Waals surface area (Å²) in [7, 11) is -4.04. The van der Waals surface area contributed by atoms with Gasteiger partial charge in [0.2, 0.25) is 0 Å². The molecule has 0 radical (unpaired) electrons. The molecule has 0 aliphatic heterocycles. The monoisotopic (exact) mass is 334 g/mol. The van der Waals surface area contributed by atoms with Crippen molar-refractivity contribution in [1.29, 1.82) is 0 Å². The molecule has 118 valence electrons. The van der Waals surface area contributed by atoms with Crippen molar-refractivity contribution in [2.24, 2.45) is 0 Å². The second-order valence-electron chi connectivity index (χ2n) is 4.63. The highest BCUT2D eigenvalue weighted by atomic mass is 32.2. The van der Waals surface area contributed by atoms with Crippen molar-refractivity contribution in [2.45, 2.75) is 4.90 Å². The van der Waals surface area contributed by atoms with Gasteiger partial charge in [0.05, 0.1) is 21.7 Å². The van der Waals surface area contributed by atoms with Gasteiger partial charge in [-0.3, -0.25) is 9.71 Å². The molecule has 0 spiro atoms. The average Bonchev–Trinajstić information content (AvgIpc) is 2.86. The number of carbonyl (C=O) groups is 1. The van der Waals surface area contributed by atoms with E-state index in [2.05, 4.69) is 9.71 Å². The third-order valence-electron chi connectivity index (χ3n) is 3.10. The fourth-order valence-corrected chi connectivity index (χ4v) is 3.15. The fraction of sp³-hybridized carbons (Fsp3) is 0. The summed E-state index contributed by atoms with van der Waals surface area (Å²) in [6.07, 6.45) is 0. The van der Waals surface area contributed by atoms with Crippen molar-refractivity contribution in [1.82, 2.24) is 4.98 Å². The first-order valence-electron chi connectivity index (χ1n) is 6.35. The van der Waals surface area contributed by atoms with Crippen LogP contribution in [0.3, 0.4) is 0 Å². The van der Waals surface area contributed by atoms with Crippen molar-refractivity contribution in [3.05, 3.63) is 58.6 Å². The lowest BCUT2D eigenvalue weighted by atomic mass is 10.2. The number of H-pyrrole nitrogens is 1. The Balaban J connectivity index is 2.04. The molecule has 1 aromatic heterocycles.